The minimum absolute atomic E-state index is 0.373. The number of carbonyl (C=O) groups is 2. The van der Waals surface area contributed by atoms with Crippen LogP contribution in [0.25, 0.3) is 0 Å². The Kier molecular flexibility index (Phi) is 5.70. The maximum atomic E-state index is 11.4. The molecule has 0 aliphatic carbocycles. The second-order valence-corrected chi connectivity index (χ2v) is 3.41. The molecule has 1 atom stereocenters. The Labute approximate surface area is 86.5 Å². The zero-order valence-electron chi connectivity index (χ0n) is 8.23. The molecule has 0 saturated carbocycles. The van der Waals surface area contributed by atoms with Crippen LogP contribution in [-0.2, 0) is 9.53 Å². The third kappa shape index (κ3) is 4.13. The van der Waals surface area contributed by atoms with Gasteiger partial charge in [0.1, 0.15) is 0 Å². The number of likely N-dealkylation sites (N-methyl/N-ethyl adjacent to an activating group) is 1. The number of carbonyl (C=O) groups excluding carboxylic acids is 2. The first kappa shape index (κ1) is 12.8. The lowest BCUT2D eigenvalue weighted by atomic mass is 10.6. The van der Waals surface area contributed by atoms with Crippen molar-refractivity contribution in [3.05, 3.63) is 0 Å². The van der Waals surface area contributed by atoms with Crippen molar-refractivity contribution in [3.63, 3.8) is 0 Å². The van der Waals surface area contributed by atoms with Crippen molar-refractivity contribution >= 4 is 29.3 Å². The van der Waals surface area contributed by atoms with Gasteiger partial charge in [-0.05, 0) is 0 Å². The standard InChI is InChI=1S/C7H13N3O3S/c1-9-7(12)13-6(14-4-8)5(11)10(2)3/h4,6,8H,1-3H3,(H,9,12). The van der Waals surface area contributed by atoms with E-state index in [-0.39, 0.29) is 5.91 Å². The minimum atomic E-state index is -0.998. The largest absolute Gasteiger partial charge is 0.424 e. The van der Waals surface area contributed by atoms with Crippen molar-refractivity contribution < 1.29 is 14.3 Å². The van der Waals surface area contributed by atoms with Crippen LogP contribution in [0.2, 0.25) is 0 Å². The van der Waals surface area contributed by atoms with Crippen LogP contribution in [0.1, 0.15) is 0 Å². The summed E-state index contributed by atoms with van der Waals surface area (Å²) >= 11 is 0.824. The fourth-order valence-electron chi connectivity index (χ4n) is 0.565. The summed E-state index contributed by atoms with van der Waals surface area (Å²) in [5.74, 6) is -0.373. The Morgan fingerprint density at radius 2 is 2.14 bits per heavy atom. The molecule has 0 aliphatic rings. The molecule has 0 fully saturated rings. The van der Waals surface area contributed by atoms with E-state index in [1.165, 1.54) is 11.9 Å². The van der Waals surface area contributed by atoms with E-state index in [4.69, 9.17) is 10.1 Å². The van der Waals surface area contributed by atoms with Gasteiger partial charge >= 0.3 is 6.09 Å². The van der Waals surface area contributed by atoms with Crippen LogP contribution < -0.4 is 5.32 Å². The lowest BCUT2D eigenvalue weighted by Gasteiger charge is -2.18. The predicted molar refractivity (Wildman–Crippen MR) is 54.4 cm³/mol. The number of hydrogen-bond donors (Lipinski definition) is 2. The monoisotopic (exact) mass is 219 g/mol. The number of hydrogen-bond acceptors (Lipinski definition) is 5. The maximum absolute atomic E-state index is 11.4. The first-order valence-corrected chi connectivity index (χ1v) is 4.71. The van der Waals surface area contributed by atoms with E-state index < -0.39 is 11.5 Å². The van der Waals surface area contributed by atoms with Crippen LogP contribution in [0.5, 0.6) is 0 Å². The van der Waals surface area contributed by atoms with Gasteiger partial charge in [0, 0.05) is 21.1 Å². The van der Waals surface area contributed by atoms with Crippen molar-refractivity contribution in [2.75, 3.05) is 21.1 Å². The molecule has 7 heteroatoms. The second kappa shape index (κ2) is 6.25. The van der Waals surface area contributed by atoms with Gasteiger partial charge in [-0.3, -0.25) is 4.79 Å². The maximum Gasteiger partial charge on any atom is 0.408 e. The molecule has 0 aromatic rings. The summed E-state index contributed by atoms with van der Waals surface area (Å²) in [5, 5.41) is 9.05. The molecule has 2 N–H and O–H groups in total. The minimum Gasteiger partial charge on any atom is -0.424 e. The van der Waals surface area contributed by atoms with Gasteiger partial charge in [0.15, 0.2) is 0 Å². The SMILES string of the molecule is CNC(=O)OC(SC=N)C(=O)N(C)C. The molecule has 6 nitrogen and oxygen atoms in total. The molecule has 0 rings (SSSR count). The summed E-state index contributed by atoms with van der Waals surface area (Å²) in [6.07, 6.45) is -0.695. The number of nitrogens with zero attached hydrogens (tertiary/aromatic N) is 1. The number of nitrogens with one attached hydrogen (secondary N) is 2. The van der Waals surface area contributed by atoms with Gasteiger partial charge in [0.05, 0.1) is 5.55 Å². The number of alkyl carbamates (subject to hydrolysis) is 1. The summed E-state index contributed by atoms with van der Waals surface area (Å²) in [5.41, 5.74) is -0.0444. The van der Waals surface area contributed by atoms with Gasteiger partial charge in [-0.15, -0.1) is 0 Å². The fourth-order valence-corrected chi connectivity index (χ4v) is 1.16. The van der Waals surface area contributed by atoms with E-state index in [1.807, 2.05) is 0 Å². The summed E-state index contributed by atoms with van der Waals surface area (Å²) in [7, 11) is 4.49. The van der Waals surface area contributed by atoms with Crippen molar-refractivity contribution in [2.45, 2.75) is 5.44 Å². The summed E-state index contributed by atoms with van der Waals surface area (Å²) in [6.45, 7) is 0. The van der Waals surface area contributed by atoms with E-state index in [2.05, 4.69) is 5.32 Å². The second-order valence-electron chi connectivity index (χ2n) is 2.47. The highest BCUT2D eigenvalue weighted by Gasteiger charge is 2.23. The van der Waals surface area contributed by atoms with Crippen molar-refractivity contribution in [1.29, 1.82) is 5.41 Å². The van der Waals surface area contributed by atoms with Gasteiger partial charge in [-0.2, -0.15) is 0 Å². The van der Waals surface area contributed by atoms with Gasteiger partial charge in [0.2, 0.25) is 5.44 Å². The smallest absolute Gasteiger partial charge is 0.408 e. The van der Waals surface area contributed by atoms with Gasteiger partial charge < -0.3 is 20.4 Å². The molecule has 0 heterocycles. The van der Waals surface area contributed by atoms with Crippen molar-refractivity contribution in [2.24, 2.45) is 0 Å². The van der Waals surface area contributed by atoms with Crippen LogP contribution in [-0.4, -0.2) is 49.0 Å². The molecule has 80 valence electrons. The molecule has 0 aromatic heterocycles. The molecule has 0 radical (unpaired) electrons. The normalized spacial score (nSPS) is 11.4. The Hall–Kier alpha value is -1.24. The lowest BCUT2D eigenvalue weighted by Crippen LogP contribution is -2.37. The molecule has 14 heavy (non-hydrogen) atoms. The Morgan fingerprint density at radius 3 is 2.50 bits per heavy atom. The molecule has 0 bridgehead atoms. The molecule has 0 spiro atoms. The zero-order valence-corrected chi connectivity index (χ0v) is 9.05. The van der Waals surface area contributed by atoms with Gasteiger partial charge in [0.25, 0.3) is 5.91 Å². The number of rotatable bonds is 4. The zero-order chi connectivity index (χ0) is 11.1. The number of ether oxygens (including phenoxy) is 1. The lowest BCUT2D eigenvalue weighted by molar-refractivity contribution is -0.133. The van der Waals surface area contributed by atoms with Gasteiger partial charge in [-0.1, -0.05) is 11.8 Å². The van der Waals surface area contributed by atoms with Crippen LogP contribution in [0.15, 0.2) is 0 Å². The molecular formula is C7H13N3O3S. The summed E-state index contributed by atoms with van der Waals surface area (Å²) in [6, 6.07) is 0. The predicted octanol–water partition coefficient (Wildman–Crippen LogP) is 0.0970. The highest BCUT2D eigenvalue weighted by atomic mass is 32.2. The molecule has 0 saturated heterocycles. The Morgan fingerprint density at radius 1 is 1.57 bits per heavy atom. The van der Waals surface area contributed by atoms with Crippen LogP contribution in [0, 0.1) is 5.41 Å². The third-order valence-electron chi connectivity index (χ3n) is 1.25. The highest BCUT2D eigenvalue weighted by molar-refractivity contribution is 8.12. The van der Waals surface area contributed by atoms with E-state index in [0.717, 1.165) is 17.3 Å². The van der Waals surface area contributed by atoms with Crippen LogP contribution in [0.4, 0.5) is 4.79 Å². The highest BCUT2D eigenvalue weighted by Crippen LogP contribution is 2.11. The van der Waals surface area contributed by atoms with E-state index in [9.17, 15) is 9.59 Å². The molecule has 0 aromatic carbocycles. The molecular weight excluding hydrogens is 206 g/mol. The van der Waals surface area contributed by atoms with Crippen LogP contribution >= 0.6 is 11.8 Å². The Bertz CT molecular complexity index is 232. The quantitative estimate of drug-likeness (QED) is 0.399. The molecule has 0 aliphatic heterocycles. The average Bonchev–Trinajstić information content (AvgIpc) is 2.15. The van der Waals surface area contributed by atoms with Crippen molar-refractivity contribution in [3.8, 4) is 0 Å². The van der Waals surface area contributed by atoms with E-state index in [0.29, 0.717) is 0 Å². The molecule has 1 unspecified atom stereocenters. The summed E-state index contributed by atoms with van der Waals surface area (Å²) in [4.78, 5) is 23.5. The fraction of sp³-hybridized carbons (Fsp3) is 0.571. The van der Waals surface area contributed by atoms with E-state index in [1.54, 1.807) is 14.1 Å². The third-order valence-corrected chi connectivity index (χ3v) is 1.93. The number of thioether (sulfide) groups is 1. The molecule has 2 amide bonds. The number of amides is 2. The Balaban J connectivity index is 4.35. The summed E-state index contributed by atoms with van der Waals surface area (Å²) < 4.78 is 4.73. The first-order chi connectivity index (χ1) is 6.52. The van der Waals surface area contributed by atoms with Crippen LogP contribution in [0.3, 0.4) is 0 Å². The average molecular weight is 219 g/mol. The van der Waals surface area contributed by atoms with Gasteiger partial charge in [-0.25, -0.2) is 4.79 Å². The first-order valence-electron chi connectivity index (χ1n) is 3.76. The topological polar surface area (TPSA) is 82.5 Å². The van der Waals surface area contributed by atoms with E-state index >= 15 is 0 Å². The van der Waals surface area contributed by atoms with Crippen molar-refractivity contribution in [1.82, 2.24) is 10.2 Å².